The van der Waals surface area contributed by atoms with E-state index in [1.165, 1.54) is 22.3 Å². The molecule has 1 heterocycles. The highest BCUT2D eigenvalue weighted by Crippen LogP contribution is 2.44. The molecule has 0 spiro atoms. The summed E-state index contributed by atoms with van der Waals surface area (Å²) >= 11 is 0. The highest BCUT2D eigenvalue weighted by atomic mass is 16.5. The monoisotopic (exact) mass is 491 g/mol. The normalized spacial score (nSPS) is 18.2. The van der Waals surface area contributed by atoms with E-state index < -0.39 is 17.8 Å². The van der Waals surface area contributed by atoms with E-state index in [2.05, 4.69) is 46.4 Å². The molecule has 0 unspecified atom stereocenters. The van der Waals surface area contributed by atoms with E-state index in [4.69, 9.17) is 4.74 Å². The number of hydrogen-bond donors (Lipinski definition) is 4. The average Bonchev–Trinajstić information content (AvgIpc) is 3.49. The summed E-state index contributed by atoms with van der Waals surface area (Å²) in [5, 5.41) is 25.8. The van der Waals surface area contributed by atoms with Gasteiger partial charge in [-0.05, 0) is 54.5 Å². The number of carboxylic acid groups (broad SMARTS) is 1. The van der Waals surface area contributed by atoms with E-state index in [-0.39, 0.29) is 12.5 Å². The summed E-state index contributed by atoms with van der Waals surface area (Å²) in [6.07, 6.45) is 2.95. The molecular weight excluding hydrogens is 458 g/mol. The van der Waals surface area contributed by atoms with Gasteiger partial charge < -0.3 is 15.2 Å². The molecule has 0 saturated carbocycles. The lowest BCUT2D eigenvalue weighted by molar-refractivity contribution is 0.0910. The average molecular weight is 492 g/mol. The first-order valence-corrected chi connectivity index (χ1v) is 12.6. The van der Waals surface area contributed by atoms with Crippen molar-refractivity contribution in [2.75, 3.05) is 26.2 Å². The molecule has 2 amide bonds. The summed E-state index contributed by atoms with van der Waals surface area (Å²) in [6, 6.07) is 18.6. The number of benzene rings is 2. The third kappa shape index (κ3) is 5.96. The van der Waals surface area contributed by atoms with Crippen LogP contribution in [0.1, 0.15) is 55.6 Å². The van der Waals surface area contributed by atoms with Crippen molar-refractivity contribution in [2.45, 2.75) is 50.1 Å². The van der Waals surface area contributed by atoms with Crippen molar-refractivity contribution >= 4 is 12.2 Å². The molecule has 1 aliphatic heterocycles. The van der Waals surface area contributed by atoms with Crippen LogP contribution in [-0.4, -0.2) is 54.2 Å². The van der Waals surface area contributed by atoms with Gasteiger partial charge >= 0.3 is 12.2 Å². The van der Waals surface area contributed by atoms with Gasteiger partial charge in [0.1, 0.15) is 12.7 Å². The van der Waals surface area contributed by atoms with E-state index in [0.717, 1.165) is 30.7 Å². The lowest BCUT2D eigenvalue weighted by atomic mass is 9.98. The zero-order chi connectivity index (χ0) is 25.4. The van der Waals surface area contributed by atoms with E-state index in [9.17, 15) is 20.0 Å². The van der Waals surface area contributed by atoms with Gasteiger partial charge in [0.05, 0.1) is 0 Å². The Kier molecular flexibility index (Phi) is 8.41. The van der Waals surface area contributed by atoms with Crippen LogP contribution in [0.15, 0.2) is 48.5 Å². The highest BCUT2D eigenvalue weighted by molar-refractivity contribution is 5.79. The van der Waals surface area contributed by atoms with Crippen molar-refractivity contribution in [3.63, 3.8) is 0 Å². The molecule has 1 atom stereocenters. The van der Waals surface area contributed by atoms with Crippen molar-refractivity contribution in [3.8, 4) is 17.2 Å². The van der Waals surface area contributed by atoms with E-state index in [1.54, 1.807) is 0 Å². The molecule has 190 valence electrons. The summed E-state index contributed by atoms with van der Waals surface area (Å²) in [4.78, 5) is 23.8. The number of nitrogens with zero attached hydrogens (tertiary/aromatic N) is 2. The quantitative estimate of drug-likeness (QED) is 0.274. The van der Waals surface area contributed by atoms with Crippen LogP contribution in [0.3, 0.4) is 0 Å². The van der Waals surface area contributed by atoms with Crippen LogP contribution in [0.2, 0.25) is 0 Å². The van der Waals surface area contributed by atoms with Gasteiger partial charge in [0.2, 0.25) is 0 Å². The highest BCUT2D eigenvalue weighted by Gasteiger charge is 2.36. The first kappa shape index (κ1) is 25.5. The second-order valence-corrected chi connectivity index (χ2v) is 9.26. The molecule has 9 nitrogen and oxygen atoms in total. The molecular formula is C27H33N5O4. The van der Waals surface area contributed by atoms with Gasteiger partial charge in [0.25, 0.3) is 0 Å². The third-order valence-corrected chi connectivity index (χ3v) is 6.82. The third-order valence-electron chi connectivity index (χ3n) is 6.82. The topological polar surface area (TPSA) is 127 Å². The van der Waals surface area contributed by atoms with Crippen LogP contribution >= 0.6 is 0 Å². The number of unbranched alkanes of at least 4 members (excludes halogenated alkanes) is 3. The minimum Gasteiger partial charge on any atom is -0.464 e. The fraction of sp³-hybridized carbons (Fsp3) is 0.444. The Labute approximate surface area is 211 Å². The number of nitriles is 1. The van der Waals surface area contributed by atoms with Gasteiger partial charge in [-0.3, -0.25) is 5.32 Å². The molecule has 2 aromatic carbocycles. The van der Waals surface area contributed by atoms with E-state index in [0.29, 0.717) is 32.5 Å². The van der Waals surface area contributed by atoms with Crippen LogP contribution in [-0.2, 0) is 4.74 Å². The number of carbonyl (C=O) groups is 2. The van der Waals surface area contributed by atoms with E-state index >= 15 is 0 Å². The number of rotatable bonds is 11. The Balaban J connectivity index is 1.13. The number of nitrogens with one attached hydrogen (secondary N) is 3. The van der Waals surface area contributed by atoms with Gasteiger partial charge in [0.15, 0.2) is 5.66 Å². The maximum absolute atomic E-state index is 12.3. The number of hydrogen-bond acceptors (Lipinski definition) is 6. The van der Waals surface area contributed by atoms with Crippen LogP contribution in [0.4, 0.5) is 9.59 Å². The fourth-order valence-electron chi connectivity index (χ4n) is 4.98. The minimum absolute atomic E-state index is 0.0357. The summed E-state index contributed by atoms with van der Waals surface area (Å²) in [7, 11) is 0. The number of ether oxygens (including phenoxy) is 1. The van der Waals surface area contributed by atoms with Gasteiger partial charge in [-0.1, -0.05) is 61.4 Å². The second kappa shape index (κ2) is 11.9. The number of carbonyl (C=O) groups excluding carboxylic acids is 1. The number of alkyl carbamates (subject to hydrolysis) is 1. The molecule has 4 N–H and O–H groups in total. The smallest absolute Gasteiger partial charge is 0.421 e. The SMILES string of the molecule is N#C[C@@]1(NN(CCCCCCNC(=O)OCC2c3ccccc3-c3ccccc32)C(=O)O)CCCN1. The summed E-state index contributed by atoms with van der Waals surface area (Å²) < 4.78 is 5.55. The van der Waals surface area contributed by atoms with Crippen molar-refractivity contribution < 1.29 is 19.4 Å². The number of hydrazine groups is 1. The lowest BCUT2D eigenvalue weighted by Crippen LogP contribution is -2.60. The maximum Gasteiger partial charge on any atom is 0.421 e. The standard InChI is InChI=1S/C27H33N5O4/c28-19-27(14-9-16-30-27)31-32(26(34)35)17-8-2-1-7-15-29-25(33)36-18-24-22-12-5-3-10-20(22)21-11-4-6-13-23(21)24/h3-6,10-13,24,30-31H,1-2,7-9,14-18H2,(H,29,33)(H,34,35)/t27-/m0/s1. The Bertz CT molecular complexity index is 1060. The van der Waals surface area contributed by atoms with Gasteiger partial charge in [0, 0.05) is 19.0 Å². The first-order chi connectivity index (χ1) is 17.5. The predicted octanol–water partition coefficient (Wildman–Crippen LogP) is 4.17. The maximum atomic E-state index is 12.3. The summed E-state index contributed by atoms with van der Waals surface area (Å²) in [6.45, 7) is 1.76. The molecule has 2 aliphatic rings. The zero-order valence-electron chi connectivity index (χ0n) is 20.3. The lowest BCUT2D eigenvalue weighted by Gasteiger charge is -2.30. The van der Waals surface area contributed by atoms with Crippen molar-refractivity contribution in [1.82, 2.24) is 21.1 Å². The molecule has 1 aliphatic carbocycles. The fourth-order valence-corrected chi connectivity index (χ4v) is 4.98. The van der Waals surface area contributed by atoms with Crippen molar-refractivity contribution in [1.29, 1.82) is 5.26 Å². The minimum atomic E-state index is -1.10. The molecule has 36 heavy (non-hydrogen) atoms. The molecule has 0 radical (unpaired) electrons. The van der Waals surface area contributed by atoms with Crippen molar-refractivity contribution in [2.24, 2.45) is 0 Å². The van der Waals surface area contributed by atoms with Gasteiger partial charge in [-0.2, -0.15) is 10.7 Å². The number of fused-ring (bicyclic) bond motifs is 3. The Morgan fingerprint density at radius 3 is 2.36 bits per heavy atom. The summed E-state index contributed by atoms with van der Waals surface area (Å²) in [5.41, 5.74) is 6.58. The molecule has 1 saturated heterocycles. The van der Waals surface area contributed by atoms with Crippen LogP contribution < -0.4 is 16.1 Å². The molecule has 9 heteroatoms. The largest absolute Gasteiger partial charge is 0.464 e. The van der Waals surface area contributed by atoms with Gasteiger partial charge in [-0.25, -0.2) is 14.6 Å². The second-order valence-electron chi connectivity index (χ2n) is 9.26. The molecule has 2 aromatic rings. The molecule has 4 rings (SSSR count). The summed E-state index contributed by atoms with van der Waals surface area (Å²) in [5.74, 6) is 0.0357. The van der Waals surface area contributed by atoms with Crippen LogP contribution in [0, 0.1) is 11.3 Å². The van der Waals surface area contributed by atoms with Gasteiger partial charge in [-0.15, -0.1) is 0 Å². The zero-order valence-corrected chi connectivity index (χ0v) is 20.3. The van der Waals surface area contributed by atoms with Crippen molar-refractivity contribution in [3.05, 3.63) is 59.7 Å². The predicted molar refractivity (Wildman–Crippen MR) is 135 cm³/mol. The Hall–Kier alpha value is -3.61. The molecule has 1 fully saturated rings. The Morgan fingerprint density at radius 2 is 1.75 bits per heavy atom. The molecule has 0 bridgehead atoms. The first-order valence-electron chi connectivity index (χ1n) is 12.6. The van der Waals surface area contributed by atoms with Crippen LogP contribution in [0.25, 0.3) is 11.1 Å². The Morgan fingerprint density at radius 1 is 1.08 bits per heavy atom. The van der Waals surface area contributed by atoms with E-state index in [1.807, 2.05) is 24.3 Å². The molecule has 0 aromatic heterocycles. The van der Waals surface area contributed by atoms with Crippen LogP contribution in [0.5, 0.6) is 0 Å². The number of amides is 2.